The van der Waals surface area contributed by atoms with Gasteiger partial charge in [0, 0.05) is 13.0 Å². The SMILES string of the molecule is COC(=O)c1sccc1NC(=O)CCn1cnc2ccccc2c1=O. The van der Waals surface area contributed by atoms with Gasteiger partial charge in [-0.05, 0) is 23.6 Å². The first-order valence-corrected chi connectivity index (χ1v) is 8.38. The van der Waals surface area contributed by atoms with Crippen LogP contribution in [0.5, 0.6) is 0 Å². The highest BCUT2D eigenvalue weighted by Crippen LogP contribution is 2.23. The van der Waals surface area contributed by atoms with Crippen molar-refractivity contribution >= 4 is 39.8 Å². The van der Waals surface area contributed by atoms with Crippen molar-refractivity contribution in [3.63, 3.8) is 0 Å². The summed E-state index contributed by atoms with van der Waals surface area (Å²) in [7, 11) is 1.28. The Morgan fingerprint density at radius 3 is 2.88 bits per heavy atom. The smallest absolute Gasteiger partial charge is 0.350 e. The Bertz CT molecular complexity index is 993. The van der Waals surface area contributed by atoms with E-state index in [0.717, 1.165) is 0 Å². The van der Waals surface area contributed by atoms with Gasteiger partial charge in [0.15, 0.2) is 0 Å². The minimum absolute atomic E-state index is 0.0797. The van der Waals surface area contributed by atoms with Crippen molar-refractivity contribution in [1.29, 1.82) is 0 Å². The number of para-hydroxylation sites is 1. The average molecular weight is 357 g/mol. The molecule has 0 spiro atoms. The van der Waals surface area contributed by atoms with Crippen LogP contribution >= 0.6 is 11.3 Å². The van der Waals surface area contributed by atoms with E-state index < -0.39 is 5.97 Å². The molecule has 0 aliphatic rings. The molecule has 3 rings (SSSR count). The topological polar surface area (TPSA) is 90.3 Å². The predicted octanol–water partition coefficient (Wildman–Crippen LogP) is 2.27. The largest absolute Gasteiger partial charge is 0.465 e. The van der Waals surface area contributed by atoms with Gasteiger partial charge in [0.1, 0.15) is 4.88 Å². The lowest BCUT2D eigenvalue weighted by atomic mass is 10.2. The molecule has 0 aliphatic heterocycles. The van der Waals surface area contributed by atoms with Gasteiger partial charge in [0.25, 0.3) is 5.56 Å². The molecule has 0 unspecified atom stereocenters. The van der Waals surface area contributed by atoms with Crippen LogP contribution in [0.1, 0.15) is 16.1 Å². The fourth-order valence-electron chi connectivity index (χ4n) is 2.36. The van der Waals surface area contributed by atoms with Crippen LogP contribution in [0.4, 0.5) is 5.69 Å². The third kappa shape index (κ3) is 3.58. The second-order valence-corrected chi connectivity index (χ2v) is 6.13. The second-order valence-electron chi connectivity index (χ2n) is 5.21. The van der Waals surface area contributed by atoms with Gasteiger partial charge in [-0.15, -0.1) is 11.3 Å². The van der Waals surface area contributed by atoms with E-state index in [4.69, 9.17) is 0 Å². The molecule has 0 fully saturated rings. The molecule has 0 atom stereocenters. The number of nitrogens with one attached hydrogen (secondary N) is 1. The molecule has 7 nitrogen and oxygen atoms in total. The number of carbonyl (C=O) groups excluding carboxylic acids is 2. The number of benzene rings is 1. The molecule has 1 amide bonds. The van der Waals surface area contributed by atoms with E-state index in [9.17, 15) is 14.4 Å². The number of aryl methyl sites for hydroxylation is 1. The minimum Gasteiger partial charge on any atom is -0.465 e. The predicted molar refractivity (Wildman–Crippen MR) is 94.9 cm³/mol. The molecule has 0 saturated carbocycles. The summed E-state index contributed by atoms with van der Waals surface area (Å²) >= 11 is 1.19. The van der Waals surface area contributed by atoms with Crippen molar-refractivity contribution in [1.82, 2.24) is 9.55 Å². The summed E-state index contributed by atoms with van der Waals surface area (Å²) in [6, 6.07) is 8.69. The average Bonchev–Trinajstić information content (AvgIpc) is 3.08. The highest BCUT2D eigenvalue weighted by molar-refractivity contribution is 7.12. The second kappa shape index (κ2) is 7.27. The normalized spacial score (nSPS) is 10.6. The third-order valence-corrected chi connectivity index (χ3v) is 4.52. The summed E-state index contributed by atoms with van der Waals surface area (Å²) in [6.45, 7) is 0.195. The summed E-state index contributed by atoms with van der Waals surface area (Å²) in [6.07, 6.45) is 1.51. The fourth-order valence-corrected chi connectivity index (χ4v) is 3.12. The lowest BCUT2D eigenvalue weighted by Crippen LogP contribution is -2.23. The Morgan fingerprint density at radius 1 is 1.28 bits per heavy atom. The number of hydrogen-bond donors (Lipinski definition) is 1. The van der Waals surface area contributed by atoms with E-state index in [0.29, 0.717) is 21.5 Å². The third-order valence-electron chi connectivity index (χ3n) is 3.62. The van der Waals surface area contributed by atoms with Crippen molar-refractivity contribution < 1.29 is 14.3 Å². The van der Waals surface area contributed by atoms with Crippen LogP contribution in [-0.2, 0) is 16.1 Å². The molecule has 8 heteroatoms. The van der Waals surface area contributed by atoms with Crippen LogP contribution in [0.3, 0.4) is 0 Å². The van der Waals surface area contributed by atoms with Gasteiger partial charge in [-0.2, -0.15) is 0 Å². The molecule has 3 aromatic rings. The van der Waals surface area contributed by atoms with E-state index >= 15 is 0 Å². The number of nitrogens with zero attached hydrogens (tertiary/aromatic N) is 2. The monoisotopic (exact) mass is 357 g/mol. The number of thiophene rings is 1. The number of aromatic nitrogens is 2. The zero-order valence-corrected chi connectivity index (χ0v) is 14.2. The minimum atomic E-state index is -0.500. The Labute approximate surface area is 146 Å². The molecule has 0 aliphatic carbocycles. The first-order chi connectivity index (χ1) is 12.1. The molecule has 128 valence electrons. The summed E-state index contributed by atoms with van der Waals surface area (Å²) in [5.74, 6) is -0.802. The van der Waals surface area contributed by atoms with Gasteiger partial charge in [-0.25, -0.2) is 9.78 Å². The number of carbonyl (C=O) groups is 2. The molecule has 0 bridgehead atoms. The van der Waals surface area contributed by atoms with Gasteiger partial charge in [-0.3, -0.25) is 14.2 Å². The zero-order chi connectivity index (χ0) is 17.8. The molecule has 2 heterocycles. The van der Waals surface area contributed by atoms with Gasteiger partial charge in [0.05, 0.1) is 30.0 Å². The number of hydrogen-bond acceptors (Lipinski definition) is 6. The maximum absolute atomic E-state index is 12.4. The summed E-state index contributed by atoms with van der Waals surface area (Å²) in [5.41, 5.74) is 0.837. The highest BCUT2D eigenvalue weighted by atomic mass is 32.1. The van der Waals surface area contributed by atoms with E-state index in [1.165, 1.54) is 29.3 Å². The standard InChI is InChI=1S/C17H15N3O4S/c1-24-17(23)15-13(7-9-25-15)19-14(21)6-8-20-10-18-12-5-3-2-4-11(12)16(20)22/h2-5,7,9-10H,6,8H2,1H3,(H,19,21). The molecule has 2 aromatic heterocycles. The Balaban J connectivity index is 1.69. The Morgan fingerprint density at radius 2 is 2.08 bits per heavy atom. The van der Waals surface area contributed by atoms with Gasteiger partial charge in [0.2, 0.25) is 5.91 Å². The maximum atomic E-state index is 12.4. The molecule has 1 aromatic carbocycles. The van der Waals surface area contributed by atoms with Crippen molar-refractivity contribution in [2.24, 2.45) is 0 Å². The van der Waals surface area contributed by atoms with Crippen molar-refractivity contribution in [2.45, 2.75) is 13.0 Å². The van der Waals surface area contributed by atoms with Crippen LogP contribution < -0.4 is 10.9 Å². The van der Waals surface area contributed by atoms with Crippen LogP contribution in [0.15, 0.2) is 46.8 Å². The lowest BCUT2D eigenvalue weighted by molar-refractivity contribution is -0.116. The van der Waals surface area contributed by atoms with Crippen LogP contribution in [-0.4, -0.2) is 28.5 Å². The number of fused-ring (bicyclic) bond motifs is 1. The number of amides is 1. The van der Waals surface area contributed by atoms with Crippen LogP contribution in [0.2, 0.25) is 0 Å². The number of methoxy groups -OCH3 is 1. The van der Waals surface area contributed by atoms with E-state index in [2.05, 4.69) is 15.0 Å². The molecular formula is C17H15N3O4S. The Kier molecular flexibility index (Phi) is 4.90. The van der Waals surface area contributed by atoms with Crippen LogP contribution in [0, 0.1) is 0 Å². The number of ether oxygens (including phenoxy) is 1. The first-order valence-electron chi connectivity index (χ1n) is 7.50. The van der Waals surface area contributed by atoms with Crippen LogP contribution in [0.25, 0.3) is 10.9 Å². The lowest BCUT2D eigenvalue weighted by Gasteiger charge is -2.08. The Hall–Kier alpha value is -3.00. The summed E-state index contributed by atoms with van der Waals surface area (Å²) in [4.78, 5) is 40.7. The van der Waals surface area contributed by atoms with E-state index in [-0.39, 0.29) is 24.4 Å². The van der Waals surface area contributed by atoms with Crippen molar-refractivity contribution in [3.8, 4) is 0 Å². The molecule has 25 heavy (non-hydrogen) atoms. The molecule has 1 N–H and O–H groups in total. The number of esters is 1. The van der Waals surface area contributed by atoms with Gasteiger partial charge < -0.3 is 10.1 Å². The fraction of sp³-hybridized carbons (Fsp3) is 0.176. The summed E-state index contributed by atoms with van der Waals surface area (Å²) < 4.78 is 6.07. The molecule has 0 radical (unpaired) electrons. The quantitative estimate of drug-likeness (QED) is 0.708. The number of anilines is 1. The van der Waals surface area contributed by atoms with Crippen molar-refractivity contribution in [3.05, 3.63) is 57.3 Å². The van der Waals surface area contributed by atoms with E-state index in [1.54, 1.807) is 29.6 Å². The molecular weight excluding hydrogens is 342 g/mol. The maximum Gasteiger partial charge on any atom is 0.350 e. The summed E-state index contributed by atoms with van der Waals surface area (Å²) in [5, 5.41) is 4.87. The zero-order valence-electron chi connectivity index (χ0n) is 13.4. The van der Waals surface area contributed by atoms with Crippen molar-refractivity contribution in [2.75, 3.05) is 12.4 Å². The van der Waals surface area contributed by atoms with Gasteiger partial charge >= 0.3 is 5.97 Å². The molecule has 0 saturated heterocycles. The number of rotatable bonds is 5. The van der Waals surface area contributed by atoms with E-state index in [1.807, 2.05) is 6.07 Å². The first kappa shape index (κ1) is 16.8. The highest BCUT2D eigenvalue weighted by Gasteiger charge is 2.15. The van der Waals surface area contributed by atoms with Gasteiger partial charge in [-0.1, -0.05) is 12.1 Å².